The molecular weight excluding hydrogens is 404 g/mol. The number of ether oxygens (including phenoxy) is 1. The lowest BCUT2D eigenvalue weighted by Gasteiger charge is -2.30. The molecule has 1 aliphatic rings. The van der Waals surface area contributed by atoms with Crippen LogP contribution in [0.15, 0.2) is 30.3 Å². The van der Waals surface area contributed by atoms with Gasteiger partial charge in [0.1, 0.15) is 5.82 Å². The molecule has 1 unspecified atom stereocenters. The molecule has 3 heterocycles. The normalized spacial score (nSPS) is 17.1. The number of rotatable bonds is 6. The van der Waals surface area contributed by atoms with E-state index in [0.29, 0.717) is 29.7 Å². The molecule has 170 valence electrons. The van der Waals surface area contributed by atoms with Gasteiger partial charge in [-0.1, -0.05) is 26.0 Å². The Balaban J connectivity index is 1.45. The minimum atomic E-state index is -0.126. The van der Waals surface area contributed by atoms with Crippen LogP contribution in [0.25, 0.3) is 5.69 Å². The molecule has 2 N–H and O–H groups in total. The fraction of sp³-hybridized carbons (Fsp3) is 0.458. The van der Waals surface area contributed by atoms with Gasteiger partial charge < -0.3 is 14.6 Å². The van der Waals surface area contributed by atoms with Gasteiger partial charge in [0, 0.05) is 23.6 Å². The van der Waals surface area contributed by atoms with Crippen molar-refractivity contribution in [3.63, 3.8) is 0 Å². The first-order valence-corrected chi connectivity index (χ1v) is 11.1. The van der Waals surface area contributed by atoms with Crippen LogP contribution in [0.3, 0.4) is 0 Å². The predicted molar refractivity (Wildman–Crippen MR) is 123 cm³/mol. The second kappa shape index (κ2) is 9.26. The van der Waals surface area contributed by atoms with Crippen molar-refractivity contribution >= 4 is 5.91 Å². The number of nitrogens with zero attached hydrogens (tertiary/aromatic N) is 4. The molecule has 0 spiro atoms. The summed E-state index contributed by atoms with van der Waals surface area (Å²) in [4.78, 5) is 19.7. The van der Waals surface area contributed by atoms with E-state index in [1.165, 1.54) is 5.56 Å². The lowest BCUT2D eigenvalue weighted by molar-refractivity contribution is 0.00193. The van der Waals surface area contributed by atoms with Crippen LogP contribution in [0.2, 0.25) is 0 Å². The second-order valence-corrected chi connectivity index (χ2v) is 8.76. The zero-order valence-corrected chi connectivity index (χ0v) is 19.5. The summed E-state index contributed by atoms with van der Waals surface area (Å²) in [6.07, 6.45) is 0. The topological polar surface area (TPSA) is 88.1 Å². The van der Waals surface area contributed by atoms with E-state index in [-0.39, 0.29) is 18.5 Å². The Labute approximate surface area is 189 Å². The summed E-state index contributed by atoms with van der Waals surface area (Å²) in [5, 5.41) is 10.2. The van der Waals surface area contributed by atoms with Crippen molar-refractivity contribution in [1.82, 2.24) is 30.0 Å². The lowest BCUT2D eigenvalue weighted by atomic mass is 10.0. The minimum absolute atomic E-state index is 0.0328. The van der Waals surface area contributed by atoms with Gasteiger partial charge in [0.25, 0.3) is 5.91 Å². The van der Waals surface area contributed by atoms with E-state index in [4.69, 9.17) is 4.74 Å². The zero-order chi connectivity index (χ0) is 22.8. The molecule has 1 aromatic carbocycles. The van der Waals surface area contributed by atoms with Crippen LogP contribution in [-0.4, -0.2) is 57.4 Å². The van der Waals surface area contributed by atoms with Crippen LogP contribution in [0, 0.1) is 13.8 Å². The van der Waals surface area contributed by atoms with Gasteiger partial charge in [-0.05, 0) is 50.6 Å². The van der Waals surface area contributed by atoms with Gasteiger partial charge in [-0.15, -0.1) is 0 Å². The number of hydrogen-bond acceptors (Lipinski definition) is 5. The summed E-state index contributed by atoms with van der Waals surface area (Å²) >= 11 is 0. The molecule has 0 radical (unpaired) electrons. The number of carbonyl (C=O) groups excluding carboxylic acids is 1. The largest absolute Gasteiger partial charge is 0.378 e. The van der Waals surface area contributed by atoms with Gasteiger partial charge in [-0.3, -0.25) is 14.8 Å². The van der Waals surface area contributed by atoms with Crippen molar-refractivity contribution in [2.45, 2.75) is 46.2 Å². The Morgan fingerprint density at radius 2 is 2.03 bits per heavy atom. The SMILES string of the molecule is Cc1cc(C(=O)NCc2nc(C3COCCN3C)n[nH]2)c(C)n1-c1ccc(C(C)C)cc1. The fourth-order valence-electron chi connectivity index (χ4n) is 4.15. The Morgan fingerprint density at radius 3 is 2.72 bits per heavy atom. The number of hydrogen-bond donors (Lipinski definition) is 2. The number of nitrogens with one attached hydrogen (secondary N) is 2. The average Bonchev–Trinajstić information content (AvgIpc) is 3.36. The average molecular weight is 437 g/mol. The third-order valence-electron chi connectivity index (χ3n) is 6.15. The van der Waals surface area contributed by atoms with Crippen LogP contribution in [0.1, 0.15) is 64.8 Å². The van der Waals surface area contributed by atoms with Crippen molar-refractivity contribution < 1.29 is 9.53 Å². The summed E-state index contributed by atoms with van der Waals surface area (Å²) in [7, 11) is 2.04. The Hall–Kier alpha value is -2.97. The van der Waals surface area contributed by atoms with Gasteiger partial charge in [0.2, 0.25) is 0 Å². The summed E-state index contributed by atoms with van der Waals surface area (Å²) in [5.74, 6) is 1.68. The predicted octanol–water partition coefficient (Wildman–Crippen LogP) is 3.27. The third kappa shape index (κ3) is 4.47. The van der Waals surface area contributed by atoms with Crippen molar-refractivity contribution in [3.8, 4) is 5.69 Å². The van der Waals surface area contributed by atoms with Crippen molar-refractivity contribution in [3.05, 3.63) is 64.5 Å². The van der Waals surface area contributed by atoms with Crippen LogP contribution in [-0.2, 0) is 11.3 Å². The van der Waals surface area contributed by atoms with Crippen LogP contribution >= 0.6 is 0 Å². The number of morpholine rings is 1. The molecule has 2 aromatic heterocycles. The maximum absolute atomic E-state index is 12.9. The summed E-state index contributed by atoms with van der Waals surface area (Å²) < 4.78 is 7.66. The molecule has 4 rings (SSSR count). The number of H-pyrrole nitrogens is 1. The maximum atomic E-state index is 12.9. The third-order valence-corrected chi connectivity index (χ3v) is 6.15. The highest BCUT2D eigenvalue weighted by molar-refractivity contribution is 5.95. The molecule has 8 heteroatoms. The molecule has 0 aliphatic carbocycles. The summed E-state index contributed by atoms with van der Waals surface area (Å²) in [5.41, 5.74) is 4.95. The molecule has 1 aliphatic heterocycles. The zero-order valence-electron chi connectivity index (χ0n) is 19.5. The highest BCUT2D eigenvalue weighted by atomic mass is 16.5. The standard InChI is InChI=1S/C24H32N6O2/c1-15(2)18-6-8-19(9-7-18)30-16(3)12-20(17(30)4)24(31)25-13-22-26-23(28-27-22)21-14-32-11-10-29(21)5/h6-9,12,15,21H,10-11,13-14H2,1-5H3,(H,25,31)(H,26,27,28). The lowest BCUT2D eigenvalue weighted by Crippen LogP contribution is -2.37. The van der Waals surface area contributed by atoms with Crippen molar-refractivity contribution in [2.24, 2.45) is 0 Å². The number of amides is 1. The highest BCUT2D eigenvalue weighted by Gasteiger charge is 2.25. The van der Waals surface area contributed by atoms with Crippen molar-refractivity contribution in [1.29, 1.82) is 0 Å². The van der Waals surface area contributed by atoms with E-state index in [2.05, 4.69) is 68.1 Å². The summed E-state index contributed by atoms with van der Waals surface area (Å²) in [6, 6.07) is 10.5. The number of likely N-dealkylation sites (N-methyl/N-ethyl adjacent to an activating group) is 1. The first-order chi connectivity index (χ1) is 15.3. The van der Waals surface area contributed by atoms with Gasteiger partial charge in [0.05, 0.1) is 31.4 Å². The number of carbonyl (C=O) groups is 1. The van der Waals surface area contributed by atoms with Gasteiger partial charge in [0.15, 0.2) is 5.82 Å². The molecule has 8 nitrogen and oxygen atoms in total. The molecule has 1 saturated heterocycles. The van der Waals surface area contributed by atoms with Crippen LogP contribution < -0.4 is 5.32 Å². The maximum Gasteiger partial charge on any atom is 0.253 e. The Kier molecular flexibility index (Phi) is 6.43. The molecule has 0 saturated carbocycles. The number of aromatic amines is 1. The molecule has 0 bridgehead atoms. The number of aryl methyl sites for hydroxylation is 1. The first kappa shape index (κ1) is 22.2. The molecular formula is C24H32N6O2. The van der Waals surface area contributed by atoms with Crippen LogP contribution in [0.5, 0.6) is 0 Å². The van der Waals surface area contributed by atoms with Gasteiger partial charge in [-0.25, -0.2) is 4.98 Å². The van der Waals surface area contributed by atoms with E-state index < -0.39 is 0 Å². The molecule has 3 aromatic rings. The van der Waals surface area contributed by atoms with Crippen LogP contribution in [0.4, 0.5) is 0 Å². The van der Waals surface area contributed by atoms with Gasteiger partial charge in [-0.2, -0.15) is 5.10 Å². The molecule has 1 amide bonds. The van der Waals surface area contributed by atoms with E-state index in [1.807, 2.05) is 27.0 Å². The van der Waals surface area contributed by atoms with E-state index in [9.17, 15) is 4.79 Å². The fourth-order valence-corrected chi connectivity index (χ4v) is 4.15. The van der Waals surface area contributed by atoms with E-state index in [0.717, 1.165) is 30.2 Å². The summed E-state index contributed by atoms with van der Waals surface area (Å²) in [6.45, 7) is 10.8. The molecule has 1 fully saturated rings. The quantitative estimate of drug-likeness (QED) is 0.619. The smallest absolute Gasteiger partial charge is 0.253 e. The van der Waals surface area contributed by atoms with Gasteiger partial charge >= 0.3 is 0 Å². The highest BCUT2D eigenvalue weighted by Crippen LogP contribution is 2.23. The molecule has 1 atom stereocenters. The Bertz CT molecular complexity index is 1080. The van der Waals surface area contributed by atoms with E-state index >= 15 is 0 Å². The first-order valence-electron chi connectivity index (χ1n) is 11.1. The van der Waals surface area contributed by atoms with Crippen molar-refractivity contribution in [2.75, 3.05) is 26.8 Å². The monoisotopic (exact) mass is 436 g/mol. The van der Waals surface area contributed by atoms with E-state index in [1.54, 1.807) is 0 Å². The minimum Gasteiger partial charge on any atom is -0.378 e. The second-order valence-electron chi connectivity index (χ2n) is 8.76. The molecule has 32 heavy (non-hydrogen) atoms. The Morgan fingerprint density at radius 1 is 1.28 bits per heavy atom. The number of benzene rings is 1. The number of aromatic nitrogens is 4.